The molecule has 262 valence electrons. The van der Waals surface area contributed by atoms with Crippen molar-refractivity contribution < 1.29 is 0 Å². The monoisotopic (exact) mass is 733 g/mol. The fraction of sp³-hybridized carbons (Fsp3) is 0. The number of hydrogen-bond donors (Lipinski definition) is 0. The van der Waals surface area contributed by atoms with Gasteiger partial charge < -0.3 is 4.90 Å². The van der Waals surface area contributed by atoms with E-state index in [-0.39, 0.29) is 0 Å². The molecule has 0 fully saturated rings. The number of nitrogens with zero attached hydrogens (tertiary/aromatic N) is 5. The van der Waals surface area contributed by atoms with Crippen LogP contribution in [0.5, 0.6) is 0 Å². The molecule has 0 atom stereocenters. The molecule has 0 unspecified atom stereocenters. The zero-order valence-corrected chi connectivity index (χ0v) is 30.9. The average molecular weight is 734 g/mol. The van der Waals surface area contributed by atoms with Gasteiger partial charge in [-0.1, -0.05) is 84.9 Å². The van der Waals surface area contributed by atoms with Gasteiger partial charge in [0.25, 0.3) is 0 Å². The molecule has 5 nitrogen and oxygen atoms in total. The van der Waals surface area contributed by atoms with Gasteiger partial charge in [0.05, 0.1) is 15.9 Å². The van der Waals surface area contributed by atoms with E-state index >= 15 is 0 Å². The van der Waals surface area contributed by atoms with E-state index < -0.39 is 0 Å². The van der Waals surface area contributed by atoms with Crippen LogP contribution in [-0.2, 0) is 0 Å². The third-order valence-electron chi connectivity index (χ3n) is 10.7. The van der Waals surface area contributed by atoms with Crippen molar-refractivity contribution >= 4 is 81.0 Å². The third-order valence-corrected chi connectivity index (χ3v) is 11.9. The second kappa shape index (κ2) is 13.2. The van der Waals surface area contributed by atoms with E-state index in [2.05, 4.69) is 178 Å². The molecule has 0 aliphatic rings. The first-order valence-corrected chi connectivity index (χ1v) is 19.4. The van der Waals surface area contributed by atoms with Gasteiger partial charge in [-0.05, 0) is 117 Å². The number of fused-ring (bicyclic) bond motifs is 6. The molecule has 0 radical (unpaired) electrons. The predicted molar refractivity (Wildman–Crippen MR) is 234 cm³/mol. The minimum atomic E-state index is 0.968. The van der Waals surface area contributed by atoms with E-state index in [0.29, 0.717) is 0 Å². The van der Waals surface area contributed by atoms with Gasteiger partial charge in [0.1, 0.15) is 6.33 Å². The molecule has 11 rings (SSSR count). The van der Waals surface area contributed by atoms with Gasteiger partial charge in [-0.15, -0.1) is 11.3 Å². The average Bonchev–Trinajstić information content (AvgIpc) is 3.66. The molecule has 0 amide bonds. The van der Waals surface area contributed by atoms with Gasteiger partial charge in [0.15, 0.2) is 0 Å². The van der Waals surface area contributed by atoms with E-state index in [0.717, 1.165) is 71.2 Å². The summed E-state index contributed by atoms with van der Waals surface area (Å²) in [7, 11) is 0. The number of thiophene rings is 1. The van der Waals surface area contributed by atoms with E-state index in [1.54, 1.807) is 17.7 Å². The standard InChI is InChI=1S/C50H31N5S/c1-2-4-47-46(3-1)49-50(56-47)48(53-31-54-49)40-8-5-37-28-45(20-15-36(37)27-40)55(43-16-11-32(12-17-43)34-6-9-41-29-51-23-21-38(41)25-34)44-18-13-33(14-19-44)35-7-10-42-30-52-24-22-39(42)26-35/h1-31H. The zero-order valence-electron chi connectivity index (χ0n) is 30.0. The molecule has 7 aromatic carbocycles. The molecule has 0 saturated heterocycles. The van der Waals surface area contributed by atoms with Gasteiger partial charge in [-0.25, -0.2) is 9.97 Å². The summed E-state index contributed by atoms with van der Waals surface area (Å²) in [5, 5.41) is 8.11. The first-order valence-electron chi connectivity index (χ1n) is 18.6. The topological polar surface area (TPSA) is 54.8 Å². The van der Waals surface area contributed by atoms with Gasteiger partial charge in [0, 0.05) is 68.3 Å². The Morgan fingerprint density at radius 3 is 1.61 bits per heavy atom. The van der Waals surface area contributed by atoms with Gasteiger partial charge >= 0.3 is 0 Å². The number of rotatable bonds is 6. The number of anilines is 3. The predicted octanol–water partition coefficient (Wildman–Crippen LogP) is 13.6. The Kier molecular flexibility index (Phi) is 7.60. The lowest BCUT2D eigenvalue weighted by Crippen LogP contribution is -2.09. The lowest BCUT2D eigenvalue weighted by atomic mass is 10.0. The minimum Gasteiger partial charge on any atom is -0.310 e. The van der Waals surface area contributed by atoms with Gasteiger partial charge in [-0.2, -0.15) is 0 Å². The molecule has 0 aliphatic heterocycles. The van der Waals surface area contributed by atoms with E-state index in [1.807, 2.05) is 24.8 Å². The van der Waals surface area contributed by atoms with Crippen molar-refractivity contribution in [1.29, 1.82) is 0 Å². The summed E-state index contributed by atoms with van der Waals surface area (Å²) in [6.45, 7) is 0. The summed E-state index contributed by atoms with van der Waals surface area (Å²) >= 11 is 1.75. The molecule has 0 saturated carbocycles. The third kappa shape index (κ3) is 5.63. The molecule has 6 heteroatoms. The molecular formula is C50H31N5S. The summed E-state index contributed by atoms with van der Waals surface area (Å²) in [4.78, 5) is 20.3. The molecule has 0 bridgehead atoms. The molecule has 0 aliphatic carbocycles. The van der Waals surface area contributed by atoms with Crippen LogP contribution in [0.4, 0.5) is 17.1 Å². The molecule has 56 heavy (non-hydrogen) atoms. The Morgan fingerprint density at radius 1 is 0.411 bits per heavy atom. The highest BCUT2D eigenvalue weighted by atomic mass is 32.1. The summed E-state index contributed by atoms with van der Waals surface area (Å²) < 4.78 is 2.34. The highest BCUT2D eigenvalue weighted by molar-refractivity contribution is 7.26. The molecule has 4 aromatic heterocycles. The van der Waals surface area contributed by atoms with Crippen molar-refractivity contribution in [2.24, 2.45) is 0 Å². The lowest BCUT2D eigenvalue weighted by molar-refractivity contribution is 1.24. The maximum atomic E-state index is 4.78. The Bertz CT molecular complexity index is 3140. The van der Waals surface area contributed by atoms with E-state index in [1.165, 1.54) is 32.0 Å². The lowest BCUT2D eigenvalue weighted by Gasteiger charge is -2.26. The Morgan fingerprint density at radius 2 is 0.929 bits per heavy atom. The second-order valence-electron chi connectivity index (χ2n) is 14.0. The summed E-state index contributed by atoms with van der Waals surface area (Å²) in [5.41, 5.74) is 11.0. The normalized spacial score (nSPS) is 11.6. The fourth-order valence-corrected chi connectivity index (χ4v) is 9.00. The molecule has 0 spiro atoms. The Labute approximate surface area is 326 Å². The van der Waals surface area contributed by atoms with Crippen molar-refractivity contribution in [3.63, 3.8) is 0 Å². The van der Waals surface area contributed by atoms with Crippen LogP contribution in [0.15, 0.2) is 189 Å². The van der Waals surface area contributed by atoms with Crippen LogP contribution >= 0.6 is 11.3 Å². The highest BCUT2D eigenvalue weighted by Crippen LogP contribution is 2.41. The van der Waals surface area contributed by atoms with Crippen LogP contribution in [0.25, 0.3) is 86.1 Å². The van der Waals surface area contributed by atoms with E-state index in [9.17, 15) is 0 Å². The summed E-state index contributed by atoms with van der Waals surface area (Å²) in [6.07, 6.45) is 9.20. The van der Waals surface area contributed by atoms with Crippen LogP contribution in [0.1, 0.15) is 0 Å². The summed E-state index contributed by atoms with van der Waals surface area (Å²) in [6, 6.07) is 56.8. The number of benzene rings is 7. The van der Waals surface area contributed by atoms with Crippen LogP contribution in [0.3, 0.4) is 0 Å². The van der Waals surface area contributed by atoms with Gasteiger partial charge in [0.2, 0.25) is 0 Å². The largest absolute Gasteiger partial charge is 0.310 e. The fourth-order valence-electron chi connectivity index (χ4n) is 7.83. The Hall–Kier alpha value is -7.28. The van der Waals surface area contributed by atoms with E-state index in [4.69, 9.17) is 4.98 Å². The number of pyridine rings is 2. The van der Waals surface area contributed by atoms with Crippen molar-refractivity contribution in [2.75, 3.05) is 4.90 Å². The zero-order chi connectivity index (χ0) is 37.0. The van der Waals surface area contributed by atoms with Crippen molar-refractivity contribution in [3.8, 4) is 33.5 Å². The van der Waals surface area contributed by atoms with Gasteiger partial charge in [-0.3, -0.25) is 9.97 Å². The molecule has 0 N–H and O–H groups in total. The van der Waals surface area contributed by atoms with Crippen LogP contribution < -0.4 is 4.90 Å². The first kappa shape index (κ1) is 32.2. The summed E-state index contributed by atoms with van der Waals surface area (Å²) in [5.74, 6) is 0. The number of aromatic nitrogens is 4. The molecule has 4 heterocycles. The maximum Gasteiger partial charge on any atom is 0.116 e. The van der Waals surface area contributed by atoms with Crippen molar-refractivity contribution in [3.05, 3.63) is 189 Å². The van der Waals surface area contributed by atoms with Crippen LogP contribution in [0.2, 0.25) is 0 Å². The maximum absolute atomic E-state index is 4.78. The first-order chi connectivity index (χ1) is 27.7. The number of hydrogen-bond acceptors (Lipinski definition) is 6. The second-order valence-corrected chi connectivity index (χ2v) is 15.1. The van der Waals surface area contributed by atoms with Crippen LogP contribution in [0, 0.1) is 0 Å². The highest BCUT2D eigenvalue weighted by Gasteiger charge is 2.16. The van der Waals surface area contributed by atoms with Crippen LogP contribution in [-0.4, -0.2) is 19.9 Å². The van der Waals surface area contributed by atoms with Crippen molar-refractivity contribution in [2.45, 2.75) is 0 Å². The SMILES string of the molecule is c1ccc2c(c1)sc1c(-c3ccc4cc(N(c5ccc(-c6ccc7cnccc7c6)cc5)c5ccc(-c6ccc7cnccc7c6)cc5)ccc4c3)ncnc12. The molecular weight excluding hydrogens is 703 g/mol. The smallest absolute Gasteiger partial charge is 0.116 e. The quantitative estimate of drug-likeness (QED) is 0.170. The molecule has 11 aromatic rings. The van der Waals surface area contributed by atoms with Crippen molar-refractivity contribution in [1.82, 2.24) is 19.9 Å². The minimum absolute atomic E-state index is 0.968. The Balaban J connectivity index is 0.987.